The first-order chi connectivity index (χ1) is 15.2. The van der Waals surface area contributed by atoms with Crippen molar-refractivity contribution in [2.45, 2.75) is 38.5 Å². The van der Waals surface area contributed by atoms with E-state index in [1.807, 2.05) is 54.3 Å². The van der Waals surface area contributed by atoms with Gasteiger partial charge in [-0.15, -0.1) is 0 Å². The summed E-state index contributed by atoms with van der Waals surface area (Å²) in [4.78, 5) is 17.3. The van der Waals surface area contributed by atoms with E-state index in [9.17, 15) is 4.79 Å². The Bertz CT molecular complexity index is 881. The van der Waals surface area contributed by atoms with Crippen LogP contribution < -0.4 is 9.47 Å². The molecule has 1 amide bonds. The lowest BCUT2D eigenvalue weighted by Gasteiger charge is -2.29. The molecule has 0 spiro atoms. The molecular weight excluding hydrogens is 392 g/mol. The van der Waals surface area contributed by atoms with Crippen molar-refractivity contribution >= 4 is 5.91 Å². The van der Waals surface area contributed by atoms with Crippen LogP contribution in [0.4, 0.5) is 0 Å². The molecule has 4 rings (SSSR count). The van der Waals surface area contributed by atoms with E-state index in [0.29, 0.717) is 32.7 Å². The van der Waals surface area contributed by atoms with Crippen molar-refractivity contribution in [2.24, 2.45) is 0 Å². The summed E-state index contributed by atoms with van der Waals surface area (Å²) in [5.41, 5.74) is 2.08. The second-order valence-corrected chi connectivity index (χ2v) is 8.19. The topological polar surface area (TPSA) is 51.2 Å². The van der Waals surface area contributed by atoms with Gasteiger partial charge in [-0.1, -0.05) is 36.4 Å². The minimum Gasteiger partial charge on any atom is -0.496 e. The van der Waals surface area contributed by atoms with Gasteiger partial charge in [0.25, 0.3) is 0 Å². The molecule has 6 heteroatoms. The van der Waals surface area contributed by atoms with Crippen LogP contribution in [0.5, 0.6) is 11.5 Å². The molecule has 31 heavy (non-hydrogen) atoms. The largest absolute Gasteiger partial charge is 0.496 e. The van der Waals surface area contributed by atoms with Gasteiger partial charge in [0.2, 0.25) is 5.91 Å². The number of amides is 1. The van der Waals surface area contributed by atoms with Gasteiger partial charge in [-0.25, -0.2) is 0 Å². The predicted octanol–water partition coefficient (Wildman–Crippen LogP) is 3.66. The van der Waals surface area contributed by atoms with Gasteiger partial charge < -0.3 is 19.1 Å². The highest BCUT2D eigenvalue weighted by Crippen LogP contribution is 2.34. The van der Waals surface area contributed by atoms with E-state index >= 15 is 0 Å². The van der Waals surface area contributed by atoms with Crippen molar-refractivity contribution in [3.63, 3.8) is 0 Å². The maximum absolute atomic E-state index is 13.2. The number of hydrogen-bond acceptors (Lipinski definition) is 5. The number of likely N-dealkylation sites (N-methyl/N-ethyl adjacent to an activating group) is 1. The number of carbonyl (C=O) groups excluding carboxylic acids is 1. The average Bonchev–Trinajstić information content (AvgIpc) is 3.24. The Labute approximate surface area is 184 Å². The zero-order valence-corrected chi connectivity index (χ0v) is 18.5. The Morgan fingerprint density at radius 2 is 2.00 bits per heavy atom. The van der Waals surface area contributed by atoms with Crippen molar-refractivity contribution in [3.8, 4) is 11.5 Å². The monoisotopic (exact) mass is 424 g/mol. The third kappa shape index (κ3) is 5.20. The molecule has 1 fully saturated rings. The van der Waals surface area contributed by atoms with Gasteiger partial charge in [-0.05, 0) is 31.9 Å². The number of ether oxygens (including phenoxy) is 3. The van der Waals surface area contributed by atoms with Crippen molar-refractivity contribution in [1.82, 2.24) is 9.80 Å². The maximum atomic E-state index is 13.2. The number of rotatable bonds is 7. The predicted molar refractivity (Wildman–Crippen MR) is 119 cm³/mol. The molecule has 2 aliphatic rings. The first-order valence-electron chi connectivity index (χ1n) is 11.2. The SMILES string of the molecule is CCN(C[C@@H]1CCCO1)C(=O)CN1Cc2ccccc2O[C@H](c2ccccc2OC)C1. The second kappa shape index (κ2) is 10.2. The first-order valence-corrected chi connectivity index (χ1v) is 11.2. The summed E-state index contributed by atoms with van der Waals surface area (Å²) in [5, 5.41) is 0. The number of para-hydroxylation sites is 2. The minimum absolute atomic E-state index is 0.135. The summed E-state index contributed by atoms with van der Waals surface area (Å²) in [6.07, 6.45) is 2.06. The summed E-state index contributed by atoms with van der Waals surface area (Å²) >= 11 is 0. The number of hydrogen-bond donors (Lipinski definition) is 0. The third-order valence-electron chi connectivity index (χ3n) is 6.09. The Kier molecular flexibility index (Phi) is 7.10. The van der Waals surface area contributed by atoms with Crippen molar-refractivity contribution in [1.29, 1.82) is 0 Å². The highest BCUT2D eigenvalue weighted by atomic mass is 16.5. The van der Waals surface area contributed by atoms with E-state index in [0.717, 1.165) is 42.1 Å². The average molecular weight is 425 g/mol. The maximum Gasteiger partial charge on any atom is 0.236 e. The minimum atomic E-state index is -0.221. The number of fused-ring (bicyclic) bond motifs is 1. The van der Waals surface area contributed by atoms with Crippen LogP contribution in [-0.4, -0.2) is 61.7 Å². The lowest BCUT2D eigenvalue weighted by Crippen LogP contribution is -2.44. The van der Waals surface area contributed by atoms with Crippen LogP contribution in [0.1, 0.15) is 37.0 Å². The molecule has 2 aromatic rings. The fourth-order valence-electron chi connectivity index (χ4n) is 4.43. The standard InChI is InChI=1S/C25H32N2O4/c1-3-27(16-20-10-8-14-30-20)25(28)18-26-15-19-9-4-6-12-22(19)31-24(17-26)21-11-5-7-13-23(21)29-2/h4-7,9,11-13,20,24H,3,8,10,14-18H2,1-2H3/t20-,24-/m0/s1. The zero-order chi connectivity index (χ0) is 21.6. The van der Waals surface area contributed by atoms with E-state index in [1.165, 1.54) is 0 Å². The Morgan fingerprint density at radius 1 is 1.19 bits per heavy atom. The van der Waals surface area contributed by atoms with E-state index in [2.05, 4.69) is 11.0 Å². The molecule has 0 aliphatic carbocycles. The van der Waals surface area contributed by atoms with Crippen molar-refractivity contribution < 1.29 is 19.0 Å². The fourth-order valence-corrected chi connectivity index (χ4v) is 4.43. The Morgan fingerprint density at radius 3 is 2.77 bits per heavy atom. The van der Waals surface area contributed by atoms with E-state index in [1.54, 1.807) is 7.11 Å². The van der Waals surface area contributed by atoms with Crippen LogP contribution in [0, 0.1) is 0 Å². The fraction of sp³-hybridized carbons (Fsp3) is 0.480. The van der Waals surface area contributed by atoms with Crippen LogP contribution in [0.3, 0.4) is 0 Å². The van der Waals surface area contributed by atoms with E-state index in [4.69, 9.17) is 14.2 Å². The number of carbonyl (C=O) groups is 1. The number of nitrogens with zero attached hydrogens (tertiary/aromatic N) is 2. The van der Waals surface area contributed by atoms with Gasteiger partial charge in [-0.2, -0.15) is 0 Å². The van der Waals surface area contributed by atoms with Crippen LogP contribution >= 0.6 is 0 Å². The van der Waals surface area contributed by atoms with Gasteiger partial charge in [0.15, 0.2) is 0 Å². The molecule has 1 saturated heterocycles. The number of methoxy groups -OCH3 is 1. The molecule has 0 bridgehead atoms. The highest BCUT2D eigenvalue weighted by molar-refractivity contribution is 5.78. The third-order valence-corrected chi connectivity index (χ3v) is 6.09. The van der Waals surface area contributed by atoms with Gasteiger partial charge in [0, 0.05) is 43.9 Å². The van der Waals surface area contributed by atoms with Crippen molar-refractivity contribution in [3.05, 3.63) is 59.7 Å². The Hall–Kier alpha value is -2.57. The van der Waals surface area contributed by atoms with Crippen LogP contribution in [0.2, 0.25) is 0 Å². The molecule has 2 heterocycles. The van der Waals surface area contributed by atoms with Gasteiger partial charge in [0.1, 0.15) is 17.6 Å². The molecule has 0 unspecified atom stereocenters. The van der Waals surface area contributed by atoms with Gasteiger partial charge in [0.05, 0.1) is 19.8 Å². The second-order valence-electron chi connectivity index (χ2n) is 8.19. The summed E-state index contributed by atoms with van der Waals surface area (Å²) in [7, 11) is 1.68. The molecule has 0 saturated carbocycles. The smallest absolute Gasteiger partial charge is 0.236 e. The molecular formula is C25H32N2O4. The molecule has 166 valence electrons. The molecule has 0 N–H and O–H groups in total. The Balaban J connectivity index is 1.54. The van der Waals surface area contributed by atoms with Gasteiger partial charge in [-0.3, -0.25) is 9.69 Å². The molecule has 0 aromatic heterocycles. The highest BCUT2D eigenvalue weighted by Gasteiger charge is 2.29. The van der Waals surface area contributed by atoms with Crippen LogP contribution in [0.15, 0.2) is 48.5 Å². The molecule has 2 aliphatic heterocycles. The molecule has 0 radical (unpaired) electrons. The normalized spacial score (nSPS) is 21.1. The zero-order valence-electron chi connectivity index (χ0n) is 18.5. The summed E-state index contributed by atoms with van der Waals surface area (Å²) < 4.78 is 17.8. The summed E-state index contributed by atoms with van der Waals surface area (Å²) in [5.74, 6) is 1.79. The van der Waals surface area contributed by atoms with Crippen molar-refractivity contribution in [2.75, 3.05) is 39.9 Å². The lowest BCUT2D eigenvalue weighted by atomic mass is 10.1. The van der Waals surface area contributed by atoms with Crippen LogP contribution in [0.25, 0.3) is 0 Å². The molecule has 6 nitrogen and oxygen atoms in total. The molecule has 2 atom stereocenters. The molecule has 2 aromatic carbocycles. The first kappa shape index (κ1) is 21.7. The van der Waals surface area contributed by atoms with E-state index in [-0.39, 0.29) is 18.1 Å². The van der Waals surface area contributed by atoms with Crippen LogP contribution in [-0.2, 0) is 16.1 Å². The van der Waals surface area contributed by atoms with E-state index < -0.39 is 0 Å². The van der Waals surface area contributed by atoms with Gasteiger partial charge >= 0.3 is 0 Å². The quantitative estimate of drug-likeness (QED) is 0.679. The lowest BCUT2D eigenvalue weighted by molar-refractivity contribution is -0.134. The summed E-state index contributed by atoms with van der Waals surface area (Å²) in [6.45, 7) is 5.83. The summed E-state index contributed by atoms with van der Waals surface area (Å²) in [6, 6.07) is 16.0. The number of benzene rings is 2.